The number of alkyl halides is 3. The molecule has 0 bridgehead atoms. The highest BCUT2D eigenvalue weighted by atomic mass is 35.5. The van der Waals surface area contributed by atoms with Gasteiger partial charge in [0.05, 0.1) is 0 Å². The van der Waals surface area contributed by atoms with E-state index in [2.05, 4.69) is 4.84 Å². The van der Waals surface area contributed by atoms with Crippen molar-refractivity contribution in [2.24, 2.45) is 0 Å². The van der Waals surface area contributed by atoms with Gasteiger partial charge in [-0.1, -0.05) is 24.3 Å². The largest absolute Gasteiger partial charge is 0.539 e. The van der Waals surface area contributed by atoms with E-state index < -0.39 is 12.0 Å². The van der Waals surface area contributed by atoms with Crippen molar-refractivity contribution in [3.8, 4) is 5.75 Å². The number of benzene rings is 1. The van der Waals surface area contributed by atoms with Crippen LogP contribution < -0.4 is 4.74 Å². The van der Waals surface area contributed by atoms with Crippen LogP contribution in [0.4, 0.5) is 13.2 Å². The molecule has 1 saturated heterocycles. The Bertz CT molecular complexity index is 525. The summed E-state index contributed by atoms with van der Waals surface area (Å²) in [4.78, 5) is 3.94. The number of ether oxygens (including phenoxy) is 1. The lowest BCUT2D eigenvalue weighted by molar-refractivity contribution is -0.418. The van der Waals surface area contributed by atoms with Crippen LogP contribution in [0.25, 0.3) is 6.08 Å². The van der Waals surface area contributed by atoms with E-state index in [4.69, 9.17) is 4.74 Å². The first-order valence-electron chi connectivity index (χ1n) is 6.44. The molecule has 3 nitrogen and oxygen atoms in total. The van der Waals surface area contributed by atoms with Crippen LogP contribution in [0.1, 0.15) is 18.4 Å². The van der Waals surface area contributed by atoms with E-state index in [1.54, 1.807) is 0 Å². The van der Waals surface area contributed by atoms with Gasteiger partial charge in [-0.25, -0.2) is 4.84 Å². The zero-order chi connectivity index (χ0) is 14.2. The Labute approximate surface area is 126 Å². The van der Waals surface area contributed by atoms with Crippen LogP contribution in [0.3, 0.4) is 0 Å². The van der Waals surface area contributed by atoms with Gasteiger partial charge in [0.2, 0.25) is 0 Å². The molecular formula is C14H15ClF3NO2. The zero-order valence-electron chi connectivity index (χ0n) is 11.1. The first kappa shape index (κ1) is 16.1. The van der Waals surface area contributed by atoms with Crippen molar-refractivity contribution in [2.75, 3.05) is 13.1 Å². The van der Waals surface area contributed by atoms with Crippen molar-refractivity contribution in [2.45, 2.75) is 24.8 Å². The van der Waals surface area contributed by atoms with E-state index in [9.17, 15) is 13.2 Å². The van der Waals surface area contributed by atoms with Crippen molar-refractivity contribution in [3.05, 3.63) is 35.9 Å². The van der Waals surface area contributed by atoms with Gasteiger partial charge in [0, 0.05) is 31.5 Å². The maximum atomic E-state index is 12.2. The van der Waals surface area contributed by atoms with Gasteiger partial charge in [-0.15, -0.1) is 25.6 Å². The van der Waals surface area contributed by atoms with Crippen molar-refractivity contribution < 1.29 is 22.7 Å². The number of halogens is 4. The SMILES string of the molecule is Cl.FC(F)(F)ON1CCC2(C=Cc3ccccc3O2)CC1. The second-order valence-corrected chi connectivity index (χ2v) is 5.00. The quantitative estimate of drug-likeness (QED) is 0.785. The summed E-state index contributed by atoms with van der Waals surface area (Å²) in [5, 5.41) is 0.947. The lowest BCUT2D eigenvalue weighted by Crippen LogP contribution is -2.48. The number of nitrogens with zero attached hydrogens (tertiary/aromatic N) is 1. The second kappa shape index (κ2) is 5.87. The highest BCUT2D eigenvalue weighted by Crippen LogP contribution is 2.37. The summed E-state index contributed by atoms with van der Waals surface area (Å²) in [6, 6.07) is 7.62. The van der Waals surface area contributed by atoms with Gasteiger partial charge in [-0.3, -0.25) is 0 Å². The topological polar surface area (TPSA) is 21.7 Å². The number of hydrogen-bond acceptors (Lipinski definition) is 3. The van der Waals surface area contributed by atoms with Crippen LogP contribution in [0.2, 0.25) is 0 Å². The number of para-hydroxylation sites is 1. The van der Waals surface area contributed by atoms with Gasteiger partial charge in [0.25, 0.3) is 0 Å². The van der Waals surface area contributed by atoms with E-state index in [0.717, 1.165) is 16.4 Å². The molecule has 0 aliphatic carbocycles. The minimum atomic E-state index is -4.62. The molecule has 2 heterocycles. The van der Waals surface area contributed by atoms with Gasteiger partial charge < -0.3 is 4.74 Å². The molecule has 0 atom stereocenters. The number of rotatable bonds is 1. The molecule has 1 fully saturated rings. The van der Waals surface area contributed by atoms with Gasteiger partial charge >= 0.3 is 6.36 Å². The Morgan fingerprint density at radius 3 is 2.48 bits per heavy atom. The van der Waals surface area contributed by atoms with Crippen LogP contribution in [0.15, 0.2) is 30.3 Å². The summed E-state index contributed by atoms with van der Waals surface area (Å²) in [6.45, 7) is 0.373. The van der Waals surface area contributed by atoms with E-state index in [1.165, 1.54) is 0 Å². The van der Waals surface area contributed by atoms with E-state index >= 15 is 0 Å². The van der Waals surface area contributed by atoms with E-state index in [1.807, 2.05) is 36.4 Å². The predicted molar refractivity (Wildman–Crippen MR) is 74.0 cm³/mol. The minimum Gasteiger partial charge on any atom is -0.482 e. The number of fused-ring (bicyclic) bond motifs is 1. The molecule has 3 rings (SSSR count). The maximum absolute atomic E-state index is 12.2. The average molecular weight is 322 g/mol. The average Bonchev–Trinajstić information content (AvgIpc) is 2.40. The Morgan fingerprint density at radius 1 is 1.14 bits per heavy atom. The standard InChI is InChI=1S/C14H14F3NO2.ClH/c15-14(16,17)20-18-9-7-13(8-10-18)6-5-11-3-1-2-4-12(11)19-13;/h1-6H,7-10H2;1H. The van der Waals surface area contributed by atoms with Crippen molar-refractivity contribution in [1.82, 2.24) is 5.06 Å². The first-order valence-corrected chi connectivity index (χ1v) is 6.44. The lowest BCUT2D eigenvalue weighted by atomic mass is 9.89. The highest BCUT2D eigenvalue weighted by molar-refractivity contribution is 5.85. The monoisotopic (exact) mass is 321 g/mol. The summed E-state index contributed by atoms with van der Waals surface area (Å²) in [5.41, 5.74) is 0.479. The summed E-state index contributed by atoms with van der Waals surface area (Å²) in [6.07, 6.45) is 0.224. The number of hydroxylamine groups is 2. The molecule has 1 spiro atoms. The zero-order valence-corrected chi connectivity index (χ0v) is 11.9. The smallest absolute Gasteiger partial charge is 0.482 e. The second-order valence-electron chi connectivity index (χ2n) is 5.00. The third kappa shape index (κ3) is 3.70. The molecule has 2 aliphatic heterocycles. The summed E-state index contributed by atoms with van der Waals surface area (Å²) in [5.74, 6) is 0.778. The predicted octanol–water partition coefficient (Wildman–Crippen LogP) is 3.80. The third-order valence-corrected chi connectivity index (χ3v) is 3.60. The lowest BCUT2D eigenvalue weighted by Gasteiger charge is -2.41. The Morgan fingerprint density at radius 2 is 1.81 bits per heavy atom. The van der Waals surface area contributed by atoms with Crippen LogP contribution >= 0.6 is 12.4 Å². The van der Waals surface area contributed by atoms with E-state index in [0.29, 0.717) is 12.8 Å². The highest BCUT2D eigenvalue weighted by Gasteiger charge is 2.40. The minimum absolute atomic E-state index is 0. The molecule has 1 aromatic rings. The summed E-state index contributed by atoms with van der Waals surface area (Å²) < 4.78 is 42.5. The Hall–Kier alpha value is -1.24. The molecule has 0 amide bonds. The molecule has 0 aromatic heterocycles. The molecule has 0 saturated carbocycles. The fourth-order valence-corrected chi connectivity index (χ4v) is 2.58. The third-order valence-electron chi connectivity index (χ3n) is 3.60. The van der Waals surface area contributed by atoms with Crippen molar-refractivity contribution >= 4 is 18.5 Å². The fraction of sp³-hybridized carbons (Fsp3) is 0.429. The molecular weight excluding hydrogens is 307 g/mol. The molecule has 1 aromatic carbocycles. The van der Waals surface area contributed by atoms with Crippen LogP contribution in [0.5, 0.6) is 5.75 Å². The van der Waals surface area contributed by atoms with Gasteiger partial charge in [0.15, 0.2) is 0 Å². The van der Waals surface area contributed by atoms with Crippen LogP contribution in [-0.4, -0.2) is 30.1 Å². The van der Waals surface area contributed by atoms with Crippen LogP contribution in [-0.2, 0) is 4.84 Å². The number of hydrogen-bond donors (Lipinski definition) is 0. The maximum Gasteiger partial charge on any atom is 0.539 e. The van der Waals surface area contributed by atoms with Crippen LogP contribution in [0, 0.1) is 0 Å². The molecule has 21 heavy (non-hydrogen) atoms. The van der Waals surface area contributed by atoms with Gasteiger partial charge in [-0.2, -0.15) is 5.06 Å². The van der Waals surface area contributed by atoms with E-state index in [-0.39, 0.29) is 25.5 Å². The first-order chi connectivity index (χ1) is 9.46. The number of piperidine rings is 1. The molecule has 0 radical (unpaired) electrons. The molecule has 2 aliphatic rings. The molecule has 116 valence electrons. The molecule has 0 unspecified atom stereocenters. The van der Waals surface area contributed by atoms with Gasteiger partial charge in [0.1, 0.15) is 11.4 Å². The fourth-order valence-electron chi connectivity index (χ4n) is 2.58. The Kier molecular flexibility index (Phi) is 4.51. The summed E-state index contributed by atoms with van der Waals surface area (Å²) >= 11 is 0. The van der Waals surface area contributed by atoms with Crippen molar-refractivity contribution in [3.63, 3.8) is 0 Å². The normalized spacial score (nSPS) is 20.5. The molecule has 7 heteroatoms. The Balaban J connectivity index is 0.00000161. The van der Waals surface area contributed by atoms with Gasteiger partial charge in [-0.05, 0) is 12.1 Å². The van der Waals surface area contributed by atoms with Crippen molar-refractivity contribution in [1.29, 1.82) is 0 Å². The summed E-state index contributed by atoms with van der Waals surface area (Å²) in [7, 11) is 0. The molecule has 0 N–H and O–H groups in total.